The van der Waals surface area contributed by atoms with Crippen LogP contribution in [-0.2, 0) is 11.0 Å². The third kappa shape index (κ3) is 5.18. The average molecular weight is 504 g/mol. The van der Waals surface area contributed by atoms with Gasteiger partial charge in [-0.05, 0) is 42.3 Å². The van der Waals surface area contributed by atoms with Crippen LogP contribution >= 0.6 is 23.1 Å². The number of fused-ring (bicyclic) bond motifs is 1. The summed E-state index contributed by atoms with van der Waals surface area (Å²) < 4.78 is 44.3. The van der Waals surface area contributed by atoms with Gasteiger partial charge in [-0.25, -0.2) is 9.97 Å². The van der Waals surface area contributed by atoms with Gasteiger partial charge in [-0.3, -0.25) is 4.79 Å². The van der Waals surface area contributed by atoms with E-state index >= 15 is 0 Å². The van der Waals surface area contributed by atoms with E-state index in [1.807, 2.05) is 36.6 Å². The Balaban J connectivity index is 1.60. The molecule has 2 aromatic carbocycles. The molecule has 0 fully saturated rings. The fourth-order valence-electron chi connectivity index (χ4n) is 3.37. The molecular weight excluding hydrogens is 483 g/mol. The van der Waals surface area contributed by atoms with Crippen molar-refractivity contribution in [3.05, 3.63) is 65.8 Å². The average Bonchev–Trinajstić information content (AvgIpc) is 3.27. The van der Waals surface area contributed by atoms with Crippen LogP contribution in [0.4, 0.5) is 18.9 Å². The molecule has 0 aliphatic rings. The van der Waals surface area contributed by atoms with Gasteiger partial charge in [0.2, 0.25) is 5.91 Å². The van der Waals surface area contributed by atoms with Crippen LogP contribution in [0.3, 0.4) is 0 Å². The van der Waals surface area contributed by atoms with Gasteiger partial charge in [0.05, 0.1) is 23.3 Å². The highest BCUT2D eigenvalue weighted by molar-refractivity contribution is 8.00. The molecule has 0 saturated heterocycles. The number of halogens is 3. The maximum Gasteiger partial charge on any atom is 0.416 e. The molecule has 2 aromatic heterocycles. The molecule has 1 unspecified atom stereocenters. The number of thioether (sulfide) groups is 1. The first-order chi connectivity index (χ1) is 16.3. The molecular formula is C24H20F3N3O2S2. The number of rotatable bonds is 7. The third-order valence-corrected chi connectivity index (χ3v) is 7.36. The van der Waals surface area contributed by atoms with Crippen LogP contribution in [0.15, 0.2) is 65.3 Å². The lowest BCUT2D eigenvalue weighted by Crippen LogP contribution is -2.25. The molecule has 4 rings (SSSR count). The van der Waals surface area contributed by atoms with Crippen LogP contribution in [0.2, 0.25) is 0 Å². The number of anilines is 1. The van der Waals surface area contributed by atoms with E-state index in [9.17, 15) is 18.0 Å². The molecule has 0 bridgehead atoms. The summed E-state index contributed by atoms with van der Waals surface area (Å²) in [4.78, 5) is 22.5. The second-order valence-corrected chi connectivity index (χ2v) is 9.37. The molecule has 1 amide bonds. The fourth-order valence-corrected chi connectivity index (χ4v) is 5.39. The number of aromatic nitrogens is 2. The minimum absolute atomic E-state index is 0.0983. The van der Waals surface area contributed by atoms with Crippen molar-refractivity contribution in [2.75, 3.05) is 12.4 Å². The molecule has 176 valence electrons. The summed E-state index contributed by atoms with van der Waals surface area (Å²) in [5, 5.41) is 5.53. The van der Waals surface area contributed by atoms with Crippen molar-refractivity contribution in [2.24, 2.45) is 0 Å². The Labute approximate surface area is 202 Å². The Bertz CT molecular complexity index is 1310. The lowest BCUT2D eigenvalue weighted by atomic mass is 10.1. The Morgan fingerprint density at radius 1 is 1.18 bits per heavy atom. The Kier molecular flexibility index (Phi) is 7.08. The smallest absolute Gasteiger partial charge is 0.416 e. The van der Waals surface area contributed by atoms with E-state index in [-0.39, 0.29) is 11.6 Å². The van der Waals surface area contributed by atoms with Crippen LogP contribution in [0.1, 0.15) is 18.9 Å². The summed E-state index contributed by atoms with van der Waals surface area (Å²) >= 11 is 2.75. The van der Waals surface area contributed by atoms with E-state index < -0.39 is 17.0 Å². The van der Waals surface area contributed by atoms with E-state index in [1.54, 1.807) is 7.11 Å². The van der Waals surface area contributed by atoms with Crippen molar-refractivity contribution < 1.29 is 22.7 Å². The first-order valence-electron chi connectivity index (χ1n) is 10.3. The molecule has 5 nitrogen and oxygen atoms in total. The van der Waals surface area contributed by atoms with Crippen LogP contribution in [0.25, 0.3) is 21.3 Å². The second-order valence-electron chi connectivity index (χ2n) is 7.32. The van der Waals surface area contributed by atoms with E-state index in [4.69, 9.17) is 4.74 Å². The van der Waals surface area contributed by atoms with Gasteiger partial charge in [0, 0.05) is 16.6 Å². The van der Waals surface area contributed by atoms with Gasteiger partial charge >= 0.3 is 6.18 Å². The number of methoxy groups -OCH3 is 1. The molecule has 1 N–H and O–H groups in total. The predicted molar refractivity (Wildman–Crippen MR) is 129 cm³/mol. The highest BCUT2D eigenvalue weighted by Gasteiger charge is 2.31. The molecule has 0 radical (unpaired) electrons. The number of hydrogen-bond donors (Lipinski definition) is 1. The van der Waals surface area contributed by atoms with Crippen molar-refractivity contribution in [2.45, 2.75) is 29.8 Å². The van der Waals surface area contributed by atoms with Gasteiger partial charge in [-0.15, -0.1) is 11.3 Å². The van der Waals surface area contributed by atoms with Crippen molar-refractivity contribution in [3.63, 3.8) is 0 Å². The largest absolute Gasteiger partial charge is 0.497 e. The van der Waals surface area contributed by atoms with Gasteiger partial charge in [0.15, 0.2) is 0 Å². The number of amides is 1. The summed E-state index contributed by atoms with van der Waals surface area (Å²) in [5.74, 6) is 0.353. The number of carbonyl (C=O) groups excluding carboxylic acids is 1. The number of nitrogens with one attached hydrogen (secondary N) is 1. The van der Waals surface area contributed by atoms with E-state index in [0.29, 0.717) is 11.4 Å². The third-order valence-electron chi connectivity index (χ3n) is 5.11. The SMILES string of the molecule is CCC(Sc1ncnc2scc(-c3ccc(OC)cc3)c12)C(=O)Nc1cccc(C(F)(F)F)c1. The van der Waals surface area contributed by atoms with Crippen molar-refractivity contribution in [1.29, 1.82) is 0 Å². The highest BCUT2D eigenvalue weighted by atomic mass is 32.2. The van der Waals surface area contributed by atoms with Crippen LogP contribution in [-0.4, -0.2) is 28.2 Å². The lowest BCUT2D eigenvalue weighted by molar-refractivity contribution is -0.137. The lowest BCUT2D eigenvalue weighted by Gasteiger charge is -2.16. The number of carbonyl (C=O) groups is 1. The monoisotopic (exact) mass is 503 g/mol. The van der Waals surface area contributed by atoms with Crippen LogP contribution in [0.5, 0.6) is 5.75 Å². The van der Waals surface area contributed by atoms with Crippen molar-refractivity contribution >= 4 is 44.9 Å². The van der Waals surface area contributed by atoms with Gasteiger partial charge in [0.25, 0.3) is 0 Å². The summed E-state index contributed by atoms with van der Waals surface area (Å²) in [7, 11) is 1.60. The molecule has 34 heavy (non-hydrogen) atoms. The summed E-state index contributed by atoms with van der Waals surface area (Å²) in [6.45, 7) is 1.85. The second kappa shape index (κ2) is 10.0. The van der Waals surface area contributed by atoms with Gasteiger partial charge in [-0.2, -0.15) is 13.2 Å². The standard InChI is InChI=1S/C24H20F3N3O2S2/c1-3-19(21(31)30-16-6-4-5-15(11-16)24(25,26)27)34-23-20-18(12-33-22(20)28-13-29-23)14-7-9-17(32-2)10-8-14/h4-13,19H,3H2,1-2H3,(H,30,31). The Morgan fingerprint density at radius 3 is 2.62 bits per heavy atom. The molecule has 10 heteroatoms. The molecule has 0 aliphatic carbocycles. The van der Waals surface area contributed by atoms with Gasteiger partial charge < -0.3 is 10.1 Å². The molecule has 0 aliphatic heterocycles. The van der Waals surface area contributed by atoms with Crippen molar-refractivity contribution in [1.82, 2.24) is 9.97 Å². The van der Waals surface area contributed by atoms with E-state index in [1.165, 1.54) is 41.6 Å². The zero-order valence-electron chi connectivity index (χ0n) is 18.2. The Hall–Kier alpha value is -3.11. The first kappa shape index (κ1) is 24.0. The zero-order valence-corrected chi connectivity index (χ0v) is 19.9. The van der Waals surface area contributed by atoms with Gasteiger partial charge in [0.1, 0.15) is 21.9 Å². The summed E-state index contributed by atoms with van der Waals surface area (Å²) in [5.41, 5.74) is 1.19. The summed E-state index contributed by atoms with van der Waals surface area (Å²) in [6, 6.07) is 12.2. The summed E-state index contributed by atoms with van der Waals surface area (Å²) in [6.07, 6.45) is -2.57. The Morgan fingerprint density at radius 2 is 1.94 bits per heavy atom. The van der Waals surface area contributed by atoms with Crippen LogP contribution < -0.4 is 10.1 Å². The van der Waals surface area contributed by atoms with E-state index in [0.717, 1.165) is 39.2 Å². The zero-order chi connectivity index (χ0) is 24.3. The number of ether oxygens (including phenoxy) is 1. The number of benzene rings is 2. The predicted octanol–water partition coefficient (Wildman–Crippen LogP) is 6.90. The normalized spacial score (nSPS) is 12.5. The molecule has 1 atom stereocenters. The highest BCUT2D eigenvalue weighted by Crippen LogP contribution is 2.40. The fraction of sp³-hybridized carbons (Fsp3) is 0.208. The number of hydrogen-bond acceptors (Lipinski definition) is 6. The molecule has 0 saturated carbocycles. The quantitative estimate of drug-likeness (QED) is 0.220. The topological polar surface area (TPSA) is 64.1 Å². The maximum atomic E-state index is 13.0. The number of alkyl halides is 3. The van der Waals surface area contributed by atoms with Crippen LogP contribution in [0, 0.1) is 0 Å². The maximum absolute atomic E-state index is 13.0. The first-order valence-corrected chi connectivity index (χ1v) is 12.1. The number of nitrogens with zero attached hydrogens (tertiary/aromatic N) is 2. The minimum atomic E-state index is -4.48. The van der Waals surface area contributed by atoms with Crippen molar-refractivity contribution in [3.8, 4) is 16.9 Å². The van der Waals surface area contributed by atoms with E-state index in [2.05, 4.69) is 15.3 Å². The molecule has 0 spiro atoms. The molecule has 4 aromatic rings. The van der Waals surface area contributed by atoms with Gasteiger partial charge in [-0.1, -0.05) is 36.9 Å². The molecule has 2 heterocycles. The minimum Gasteiger partial charge on any atom is -0.497 e. The number of thiophene rings is 1.